The molecule has 10 nitrogen and oxygen atoms in total. The van der Waals surface area contributed by atoms with Crippen molar-refractivity contribution in [1.29, 1.82) is 0 Å². The molecule has 190 valence electrons. The third-order valence-corrected chi connectivity index (χ3v) is 6.36. The van der Waals surface area contributed by atoms with Crippen LogP contribution in [0.15, 0.2) is 76.4 Å². The zero-order chi connectivity index (χ0) is 25.6. The molecule has 0 amide bonds. The first-order chi connectivity index (χ1) is 18.2. The molecule has 4 aromatic heterocycles. The average molecular weight is 500 g/mol. The van der Waals surface area contributed by atoms with Crippen LogP contribution in [-0.2, 0) is 30.8 Å². The lowest BCUT2D eigenvalue weighted by atomic mass is 10.0. The van der Waals surface area contributed by atoms with Crippen LogP contribution in [0.3, 0.4) is 0 Å². The van der Waals surface area contributed by atoms with Gasteiger partial charge in [0.05, 0.1) is 26.0 Å². The molecular weight excluding hydrogens is 470 g/mol. The first-order valence-corrected chi connectivity index (χ1v) is 12.2. The lowest BCUT2D eigenvalue weighted by molar-refractivity contribution is 0.163. The predicted molar refractivity (Wildman–Crippen MR) is 138 cm³/mol. The molecule has 0 aliphatic heterocycles. The minimum absolute atomic E-state index is 0.196. The summed E-state index contributed by atoms with van der Waals surface area (Å²) in [5.41, 5.74) is 3.31. The van der Waals surface area contributed by atoms with Crippen LogP contribution in [0.4, 0.5) is 0 Å². The van der Waals surface area contributed by atoms with E-state index in [0.717, 1.165) is 28.6 Å². The van der Waals surface area contributed by atoms with Crippen molar-refractivity contribution in [3.8, 4) is 0 Å². The van der Waals surface area contributed by atoms with Gasteiger partial charge in [-0.3, -0.25) is 14.7 Å². The number of tetrazole rings is 1. The van der Waals surface area contributed by atoms with E-state index in [9.17, 15) is 4.79 Å². The largest absolute Gasteiger partial charge is 0.468 e. The van der Waals surface area contributed by atoms with Crippen molar-refractivity contribution >= 4 is 10.9 Å². The fourth-order valence-electron chi connectivity index (χ4n) is 4.51. The van der Waals surface area contributed by atoms with Crippen molar-refractivity contribution in [3.63, 3.8) is 0 Å². The Labute approximate surface area is 213 Å². The highest BCUT2D eigenvalue weighted by molar-refractivity contribution is 5.80. The highest BCUT2D eigenvalue weighted by Crippen LogP contribution is 2.30. The highest BCUT2D eigenvalue weighted by atomic mass is 16.5. The van der Waals surface area contributed by atoms with Gasteiger partial charge in [0.15, 0.2) is 5.82 Å². The van der Waals surface area contributed by atoms with Gasteiger partial charge in [-0.1, -0.05) is 19.1 Å². The third-order valence-electron chi connectivity index (χ3n) is 6.36. The van der Waals surface area contributed by atoms with Crippen molar-refractivity contribution in [1.82, 2.24) is 35.1 Å². The van der Waals surface area contributed by atoms with Crippen LogP contribution in [0.2, 0.25) is 0 Å². The first-order valence-electron chi connectivity index (χ1n) is 12.2. The Kier molecular flexibility index (Phi) is 7.48. The van der Waals surface area contributed by atoms with E-state index >= 15 is 0 Å². The Morgan fingerprint density at radius 1 is 1.14 bits per heavy atom. The van der Waals surface area contributed by atoms with E-state index in [2.05, 4.69) is 43.4 Å². The van der Waals surface area contributed by atoms with Gasteiger partial charge in [-0.2, -0.15) is 0 Å². The number of aromatic nitrogens is 6. The first kappa shape index (κ1) is 24.5. The molecule has 0 radical (unpaired) electrons. The average Bonchev–Trinajstić information content (AvgIpc) is 3.60. The maximum Gasteiger partial charge on any atom is 0.253 e. The lowest BCUT2D eigenvalue weighted by Gasteiger charge is -2.30. The molecule has 10 heteroatoms. The second-order valence-corrected chi connectivity index (χ2v) is 8.83. The van der Waals surface area contributed by atoms with Crippen LogP contribution in [0.1, 0.15) is 41.2 Å². The van der Waals surface area contributed by atoms with E-state index in [1.807, 2.05) is 48.7 Å². The minimum atomic E-state index is -0.574. The van der Waals surface area contributed by atoms with Gasteiger partial charge in [-0.05, 0) is 69.8 Å². The molecule has 0 fully saturated rings. The minimum Gasteiger partial charge on any atom is -0.468 e. The number of hydrogen-bond acceptors (Lipinski definition) is 8. The smallest absolute Gasteiger partial charge is 0.253 e. The summed E-state index contributed by atoms with van der Waals surface area (Å²) >= 11 is 0. The Hall–Kier alpha value is -4.15. The lowest BCUT2D eigenvalue weighted by Crippen LogP contribution is -2.35. The summed E-state index contributed by atoms with van der Waals surface area (Å²) in [4.78, 5) is 23.1. The quantitative estimate of drug-likeness (QED) is 0.294. The van der Waals surface area contributed by atoms with Crippen LogP contribution in [0, 0.1) is 0 Å². The van der Waals surface area contributed by atoms with Gasteiger partial charge in [0.1, 0.15) is 11.8 Å². The summed E-state index contributed by atoms with van der Waals surface area (Å²) in [5.74, 6) is 1.30. The molecule has 5 rings (SSSR count). The van der Waals surface area contributed by atoms with E-state index in [-0.39, 0.29) is 5.56 Å². The number of nitrogens with one attached hydrogen (secondary N) is 1. The summed E-state index contributed by atoms with van der Waals surface area (Å²) < 4.78 is 12.7. The molecule has 1 N–H and O–H groups in total. The number of rotatable bonds is 11. The number of ether oxygens (including phenoxy) is 1. The number of hydrogen-bond donors (Lipinski definition) is 1. The van der Waals surface area contributed by atoms with Gasteiger partial charge < -0.3 is 14.1 Å². The second-order valence-electron chi connectivity index (χ2n) is 8.83. The maximum atomic E-state index is 13.6. The van der Waals surface area contributed by atoms with E-state index in [1.165, 1.54) is 5.56 Å². The number of aryl methyl sites for hydroxylation is 1. The predicted octanol–water partition coefficient (Wildman–Crippen LogP) is 3.50. The zero-order valence-electron chi connectivity index (χ0n) is 20.9. The number of H-pyrrole nitrogens is 1. The Morgan fingerprint density at radius 3 is 2.81 bits per heavy atom. The molecule has 1 aromatic carbocycles. The van der Waals surface area contributed by atoms with Gasteiger partial charge >= 0.3 is 0 Å². The molecule has 0 aliphatic carbocycles. The Morgan fingerprint density at radius 2 is 2.05 bits per heavy atom. The Bertz CT molecular complexity index is 1500. The van der Waals surface area contributed by atoms with E-state index in [4.69, 9.17) is 9.15 Å². The number of fused-ring (bicyclic) bond motifs is 1. The van der Waals surface area contributed by atoms with Crippen LogP contribution < -0.4 is 5.56 Å². The number of pyridine rings is 2. The molecule has 37 heavy (non-hydrogen) atoms. The highest BCUT2D eigenvalue weighted by Gasteiger charge is 2.31. The second kappa shape index (κ2) is 11.3. The van der Waals surface area contributed by atoms with Gasteiger partial charge in [0.25, 0.3) is 5.56 Å². The monoisotopic (exact) mass is 499 g/mol. The van der Waals surface area contributed by atoms with Gasteiger partial charge in [0.2, 0.25) is 0 Å². The SMILES string of the molecule is CCc1ccc2[nH]c(=O)c(C(c3nnnn3CCOC)N(Cc3cccnc3)Cc3ccco3)cc2c1. The van der Waals surface area contributed by atoms with E-state index in [1.54, 1.807) is 24.3 Å². The molecule has 1 atom stereocenters. The summed E-state index contributed by atoms with van der Waals surface area (Å²) in [6, 6.07) is 15.1. The number of nitrogens with zero attached hydrogens (tertiary/aromatic N) is 6. The van der Waals surface area contributed by atoms with Gasteiger partial charge in [-0.15, -0.1) is 5.10 Å². The van der Waals surface area contributed by atoms with Crippen molar-refractivity contribution in [2.24, 2.45) is 0 Å². The van der Waals surface area contributed by atoms with Crippen LogP contribution in [-0.4, -0.2) is 48.8 Å². The maximum absolute atomic E-state index is 13.6. The summed E-state index contributed by atoms with van der Waals surface area (Å²) in [5, 5.41) is 13.5. The molecule has 1 unspecified atom stereocenters. The number of aromatic amines is 1. The fraction of sp³-hybridized carbons (Fsp3) is 0.296. The molecule has 0 aliphatic rings. The van der Waals surface area contributed by atoms with Crippen molar-refractivity contribution < 1.29 is 9.15 Å². The number of benzene rings is 1. The molecule has 5 aromatic rings. The van der Waals surface area contributed by atoms with Crippen LogP contribution >= 0.6 is 0 Å². The third kappa shape index (κ3) is 5.50. The number of furan rings is 1. The molecule has 4 heterocycles. The summed E-state index contributed by atoms with van der Waals surface area (Å²) in [7, 11) is 1.63. The number of methoxy groups -OCH3 is 1. The van der Waals surface area contributed by atoms with Crippen LogP contribution in [0.5, 0.6) is 0 Å². The van der Waals surface area contributed by atoms with E-state index < -0.39 is 6.04 Å². The molecule has 0 spiro atoms. The molecule has 0 bridgehead atoms. The topological polar surface area (TPSA) is 115 Å². The fourth-order valence-corrected chi connectivity index (χ4v) is 4.51. The van der Waals surface area contributed by atoms with E-state index in [0.29, 0.717) is 37.6 Å². The van der Waals surface area contributed by atoms with Crippen molar-refractivity contribution in [3.05, 3.63) is 106 Å². The molecule has 0 saturated carbocycles. The van der Waals surface area contributed by atoms with Gasteiger partial charge in [-0.25, -0.2) is 4.68 Å². The molecule has 0 saturated heterocycles. The zero-order valence-corrected chi connectivity index (χ0v) is 20.9. The summed E-state index contributed by atoms with van der Waals surface area (Å²) in [6.07, 6.45) is 6.10. The molecular formula is C27H29N7O3. The Balaban J connectivity index is 1.68. The normalized spacial score (nSPS) is 12.4. The van der Waals surface area contributed by atoms with Crippen molar-refractivity contribution in [2.45, 2.75) is 39.0 Å². The standard InChI is InChI=1S/C27H29N7O3/c1-3-19-8-9-24-21(14-19)15-23(27(35)29-24)25(26-30-31-32-34(26)11-13-36-2)33(18-22-7-5-12-37-22)17-20-6-4-10-28-16-20/h4-10,12,14-16,25H,3,11,13,17-18H2,1-2H3,(H,29,35). The van der Waals surface area contributed by atoms with Crippen LogP contribution in [0.25, 0.3) is 10.9 Å². The van der Waals surface area contributed by atoms with Gasteiger partial charge in [0, 0.05) is 37.1 Å². The summed E-state index contributed by atoms with van der Waals surface area (Å²) in [6.45, 7) is 3.90. The van der Waals surface area contributed by atoms with Crippen molar-refractivity contribution in [2.75, 3.05) is 13.7 Å².